The van der Waals surface area contributed by atoms with Gasteiger partial charge in [0.15, 0.2) is 0 Å². The smallest absolute Gasteiger partial charge is 0.328 e. The Morgan fingerprint density at radius 2 is 2.00 bits per heavy atom. The SMILES string of the molecule is CC(C)(C)[Si](C)(C)Oc1cccc(CC(N)(/C=C\F)C(=O)O)c1. The summed E-state index contributed by atoms with van der Waals surface area (Å²) in [4.78, 5) is 11.3. The molecule has 128 valence electrons. The van der Waals surface area contributed by atoms with Gasteiger partial charge in [-0.1, -0.05) is 32.9 Å². The van der Waals surface area contributed by atoms with Gasteiger partial charge in [-0.25, -0.2) is 9.18 Å². The van der Waals surface area contributed by atoms with Gasteiger partial charge >= 0.3 is 5.97 Å². The van der Waals surface area contributed by atoms with Crippen LogP contribution in [0.5, 0.6) is 5.75 Å². The molecule has 0 fully saturated rings. The van der Waals surface area contributed by atoms with Crippen molar-refractivity contribution >= 4 is 14.3 Å². The summed E-state index contributed by atoms with van der Waals surface area (Å²) in [6.45, 7) is 10.7. The molecular formula is C17H26FNO3Si. The van der Waals surface area contributed by atoms with Crippen LogP contribution in [0.2, 0.25) is 18.1 Å². The number of benzene rings is 1. The second kappa shape index (κ2) is 6.84. The summed E-state index contributed by atoms with van der Waals surface area (Å²) in [6, 6.07) is 7.17. The summed E-state index contributed by atoms with van der Waals surface area (Å²) in [7, 11) is -1.99. The third-order valence-corrected chi connectivity index (χ3v) is 8.69. The van der Waals surface area contributed by atoms with Crippen LogP contribution in [0.15, 0.2) is 36.7 Å². The van der Waals surface area contributed by atoms with Crippen molar-refractivity contribution in [1.29, 1.82) is 0 Å². The van der Waals surface area contributed by atoms with E-state index < -0.39 is 19.8 Å². The molecule has 0 heterocycles. The van der Waals surface area contributed by atoms with Gasteiger partial charge in [0.05, 0.1) is 6.33 Å². The van der Waals surface area contributed by atoms with Gasteiger partial charge in [0.1, 0.15) is 11.3 Å². The van der Waals surface area contributed by atoms with Crippen molar-refractivity contribution in [3.63, 3.8) is 0 Å². The Balaban J connectivity index is 3.04. The van der Waals surface area contributed by atoms with Crippen LogP contribution >= 0.6 is 0 Å². The van der Waals surface area contributed by atoms with Gasteiger partial charge < -0.3 is 15.3 Å². The molecule has 3 N–H and O–H groups in total. The van der Waals surface area contributed by atoms with Gasteiger partial charge in [-0.05, 0) is 41.9 Å². The number of carboxylic acids is 1. The number of aliphatic carboxylic acids is 1. The van der Waals surface area contributed by atoms with Crippen molar-refractivity contribution in [2.24, 2.45) is 5.73 Å². The number of nitrogens with two attached hydrogens (primary N) is 1. The molecule has 0 aliphatic carbocycles. The minimum absolute atomic E-state index is 0.0164. The summed E-state index contributed by atoms with van der Waals surface area (Å²) in [5.41, 5.74) is 4.68. The van der Waals surface area contributed by atoms with Crippen molar-refractivity contribution in [3.05, 3.63) is 42.2 Å². The van der Waals surface area contributed by atoms with E-state index in [4.69, 9.17) is 10.2 Å². The van der Waals surface area contributed by atoms with Crippen LogP contribution in [0, 0.1) is 0 Å². The van der Waals surface area contributed by atoms with Crippen LogP contribution < -0.4 is 10.2 Å². The second-order valence-corrected chi connectivity index (χ2v) is 12.0. The molecule has 0 saturated carbocycles. The van der Waals surface area contributed by atoms with Crippen LogP contribution in [-0.2, 0) is 11.2 Å². The molecule has 0 radical (unpaired) electrons. The molecule has 6 heteroatoms. The Bertz CT molecular complexity index is 596. The van der Waals surface area contributed by atoms with Crippen LogP contribution in [-0.4, -0.2) is 24.9 Å². The lowest BCUT2D eigenvalue weighted by Crippen LogP contribution is -2.48. The summed E-state index contributed by atoms with van der Waals surface area (Å²) < 4.78 is 18.6. The van der Waals surface area contributed by atoms with Gasteiger partial charge in [-0.3, -0.25) is 0 Å². The lowest BCUT2D eigenvalue weighted by Gasteiger charge is -2.36. The number of hydrogen-bond donors (Lipinski definition) is 2. The molecule has 1 aromatic rings. The fraction of sp³-hybridized carbons (Fsp3) is 0.471. The zero-order chi connectivity index (χ0) is 17.9. The van der Waals surface area contributed by atoms with Crippen molar-refractivity contribution < 1.29 is 18.7 Å². The molecule has 4 nitrogen and oxygen atoms in total. The molecule has 1 aromatic carbocycles. The first-order chi connectivity index (χ1) is 10.4. The predicted octanol–water partition coefficient (Wildman–Crippen LogP) is 3.88. The van der Waals surface area contributed by atoms with E-state index in [1.165, 1.54) is 0 Å². The van der Waals surface area contributed by atoms with Gasteiger partial charge in [0.25, 0.3) is 0 Å². The summed E-state index contributed by atoms with van der Waals surface area (Å²) in [5, 5.41) is 9.27. The van der Waals surface area contributed by atoms with Crippen LogP contribution in [0.4, 0.5) is 4.39 Å². The number of halogens is 1. The van der Waals surface area contributed by atoms with Gasteiger partial charge in [0, 0.05) is 6.42 Å². The fourth-order valence-electron chi connectivity index (χ4n) is 1.82. The highest BCUT2D eigenvalue weighted by Gasteiger charge is 2.39. The van der Waals surface area contributed by atoms with E-state index in [1.54, 1.807) is 18.2 Å². The van der Waals surface area contributed by atoms with E-state index in [9.17, 15) is 14.3 Å². The molecule has 0 aromatic heterocycles. The number of rotatable bonds is 6. The standard InChI is InChI=1S/C17H26FNO3Si/c1-16(2,3)23(4,5)22-14-8-6-7-13(11-14)12-17(19,9-10-18)15(20)21/h6-11H,12,19H2,1-5H3,(H,20,21)/b10-9-. The van der Waals surface area contributed by atoms with E-state index >= 15 is 0 Å². The average molecular weight is 339 g/mol. The lowest BCUT2D eigenvalue weighted by molar-refractivity contribution is -0.141. The zero-order valence-electron chi connectivity index (χ0n) is 14.4. The normalized spacial score (nSPS) is 15.4. The first kappa shape index (κ1) is 19.4. The highest BCUT2D eigenvalue weighted by molar-refractivity contribution is 6.74. The van der Waals surface area contributed by atoms with Gasteiger partial charge in [-0.2, -0.15) is 0 Å². The minimum Gasteiger partial charge on any atom is -0.543 e. The minimum atomic E-state index is -1.99. The molecule has 0 aliphatic heterocycles. The maximum Gasteiger partial charge on any atom is 0.328 e. The van der Waals surface area contributed by atoms with Crippen LogP contribution in [0.1, 0.15) is 26.3 Å². The predicted molar refractivity (Wildman–Crippen MR) is 92.8 cm³/mol. The zero-order valence-corrected chi connectivity index (χ0v) is 15.4. The Hall–Kier alpha value is -1.66. The highest BCUT2D eigenvalue weighted by atomic mass is 28.4. The molecule has 0 aliphatic rings. The Labute approximate surface area is 138 Å². The Morgan fingerprint density at radius 1 is 1.39 bits per heavy atom. The number of carboxylic acid groups (broad SMARTS) is 1. The number of carbonyl (C=O) groups is 1. The van der Waals surface area contributed by atoms with Crippen molar-refractivity contribution in [2.45, 2.75) is 50.9 Å². The van der Waals surface area contributed by atoms with E-state index in [0.717, 1.165) is 6.08 Å². The maximum atomic E-state index is 12.4. The molecule has 0 saturated heterocycles. The molecule has 1 rings (SSSR count). The quantitative estimate of drug-likeness (QED) is 0.772. The van der Waals surface area contributed by atoms with Crippen LogP contribution in [0.3, 0.4) is 0 Å². The Kier molecular flexibility index (Phi) is 5.77. The molecule has 1 unspecified atom stereocenters. The highest BCUT2D eigenvalue weighted by Crippen LogP contribution is 2.37. The molecule has 23 heavy (non-hydrogen) atoms. The third kappa shape index (κ3) is 4.91. The summed E-state index contributed by atoms with van der Waals surface area (Å²) >= 11 is 0. The Morgan fingerprint density at radius 3 is 2.48 bits per heavy atom. The summed E-state index contributed by atoms with van der Waals surface area (Å²) in [6.07, 6.45) is 1.01. The number of hydrogen-bond acceptors (Lipinski definition) is 3. The molecule has 0 amide bonds. The van der Waals surface area contributed by atoms with E-state index in [1.807, 2.05) is 6.07 Å². The van der Waals surface area contributed by atoms with E-state index in [2.05, 4.69) is 33.9 Å². The topological polar surface area (TPSA) is 72.5 Å². The monoisotopic (exact) mass is 339 g/mol. The van der Waals surface area contributed by atoms with Gasteiger partial charge in [0.2, 0.25) is 8.32 Å². The molecule has 1 atom stereocenters. The van der Waals surface area contributed by atoms with Crippen molar-refractivity contribution in [1.82, 2.24) is 0 Å². The maximum absolute atomic E-state index is 12.4. The largest absolute Gasteiger partial charge is 0.543 e. The first-order valence-electron chi connectivity index (χ1n) is 7.49. The lowest BCUT2D eigenvalue weighted by atomic mass is 9.92. The molecule has 0 spiro atoms. The van der Waals surface area contributed by atoms with Crippen molar-refractivity contribution in [3.8, 4) is 5.75 Å². The second-order valence-electron chi connectivity index (χ2n) is 7.32. The molecular weight excluding hydrogens is 313 g/mol. The average Bonchev–Trinajstić information content (AvgIpc) is 2.37. The molecule has 0 bridgehead atoms. The fourth-order valence-corrected chi connectivity index (χ4v) is 2.85. The summed E-state index contributed by atoms with van der Waals surface area (Å²) in [5.74, 6) is -0.590. The van der Waals surface area contributed by atoms with Crippen molar-refractivity contribution in [2.75, 3.05) is 0 Å². The van der Waals surface area contributed by atoms with Gasteiger partial charge in [-0.15, -0.1) is 0 Å². The van der Waals surface area contributed by atoms with Crippen LogP contribution in [0.25, 0.3) is 0 Å². The first-order valence-corrected chi connectivity index (χ1v) is 10.4. The van der Waals surface area contributed by atoms with E-state index in [0.29, 0.717) is 11.3 Å². The third-order valence-electron chi connectivity index (χ3n) is 4.33. The van der Waals surface area contributed by atoms with E-state index in [-0.39, 0.29) is 17.8 Å².